The highest BCUT2D eigenvalue weighted by Gasteiger charge is 2.06. The molecule has 0 spiro atoms. The Hall–Kier alpha value is -1.48. The van der Waals surface area contributed by atoms with Crippen LogP contribution in [0.2, 0.25) is 0 Å². The predicted molar refractivity (Wildman–Crippen MR) is 80.2 cm³/mol. The van der Waals surface area contributed by atoms with Crippen molar-refractivity contribution in [2.24, 2.45) is 0 Å². The second-order valence-corrected chi connectivity index (χ2v) is 5.45. The summed E-state index contributed by atoms with van der Waals surface area (Å²) in [6, 6.07) is 11.8. The van der Waals surface area contributed by atoms with Crippen LogP contribution >= 0.6 is 15.9 Å². The van der Waals surface area contributed by atoms with Gasteiger partial charge in [-0.05, 0) is 35.7 Å². The van der Waals surface area contributed by atoms with Gasteiger partial charge in [-0.1, -0.05) is 41.1 Å². The topological polar surface area (TPSA) is 30.0 Å². The van der Waals surface area contributed by atoms with Gasteiger partial charge < -0.3 is 0 Å². The Labute approximate surface area is 122 Å². The number of rotatable bonds is 5. The molecule has 0 unspecified atom stereocenters. The van der Waals surface area contributed by atoms with Crippen molar-refractivity contribution in [3.63, 3.8) is 0 Å². The van der Waals surface area contributed by atoms with Crippen LogP contribution in [0.4, 0.5) is 0 Å². The van der Waals surface area contributed by atoms with Gasteiger partial charge in [0.15, 0.2) is 0 Å². The summed E-state index contributed by atoms with van der Waals surface area (Å²) in [5, 5.41) is 0. The number of hydrogen-bond acceptors (Lipinski definition) is 2. The molecule has 0 saturated carbocycles. The zero-order valence-electron chi connectivity index (χ0n) is 10.9. The third-order valence-electron chi connectivity index (χ3n) is 2.96. The van der Waals surface area contributed by atoms with Crippen LogP contribution in [-0.4, -0.2) is 10.8 Å². The first kappa shape index (κ1) is 13.9. The molecule has 98 valence electrons. The average Bonchev–Trinajstić information content (AvgIpc) is 2.39. The van der Waals surface area contributed by atoms with Gasteiger partial charge in [0.1, 0.15) is 5.78 Å². The van der Waals surface area contributed by atoms with Crippen molar-refractivity contribution in [2.45, 2.75) is 26.2 Å². The standard InChI is InChI=1S/C16H16BrNO/c1-2-12-6-7-15(18-11-12)10-16(19)9-13-4-3-5-14(17)8-13/h3-8,11H,2,9-10H2,1H3. The molecule has 0 radical (unpaired) electrons. The number of halogens is 1. The molecule has 0 saturated heterocycles. The van der Waals surface area contributed by atoms with E-state index in [1.165, 1.54) is 5.56 Å². The molecule has 0 bridgehead atoms. The fraction of sp³-hybridized carbons (Fsp3) is 0.250. The van der Waals surface area contributed by atoms with Gasteiger partial charge in [0.2, 0.25) is 0 Å². The lowest BCUT2D eigenvalue weighted by molar-refractivity contribution is -0.117. The second-order valence-electron chi connectivity index (χ2n) is 4.53. The molecule has 2 aromatic rings. The first-order valence-electron chi connectivity index (χ1n) is 6.37. The van der Waals surface area contributed by atoms with Gasteiger partial charge in [-0.3, -0.25) is 9.78 Å². The number of carbonyl (C=O) groups is 1. The van der Waals surface area contributed by atoms with E-state index in [2.05, 4.69) is 27.8 Å². The molecule has 0 amide bonds. The summed E-state index contributed by atoms with van der Waals surface area (Å²) in [4.78, 5) is 16.3. The molecule has 2 nitrogen and oxygen atoms in total. The number of aromatic nitrogens is 1. The number of nitrogens with zero attached hydrogens (tertiary/aromatic N) is 1. The highest BCUT2D eigenvalue weighted by atomic mass is 79.9. The number of pyridine rings is 1. The lowest BCUT2D eigenvalue weighted by Gasteiger charge is -2.03. The minimum Gasteiger partial charge on any atom is -0.299 e. The van der Waals surface area contributed by atoms with Gasteiger partial charge in [-0.25, -0.2) is 0 Å². The smallest absolute Gasteiger partial charge is 0.143 e. The van der Waals surface area contributed by atoms with Crippen molar-refractivity contribution >= 4 is 21.7 Å². The predicted octanol–water partition coefficient (Wildman–Crippen LogP) is 3.76. The first-order valence-corrected chi connectivity index (χ1v) is 7.16. The SMILES string of the molecule is CCc1ccc(CC(=O)Cc2cccc(Br)c2)nc1. The van der Waals surface area contributed by atoms with Crippen LogP contribution in [-0.2, 0) is 24.1 Å². The van der Waals surface area contributed by atoms with E-state index < -0.39 is 0 Å². The highest BCUT2D eigenvalue weighted by Crippen LogP contribution is 2.13. The number of ketones is 1. The molecule has 0 N–H and O–H groups in total. The molecule has 19 heavy (non-hydrogen) atoms. The summed E-state index contributed by atoms with van der Waals surface area (Å²) < 4.78 is 1.00. The zero-order valence-corrected chi connectivity index (χ0v) is 12.5. The summed E-state index contributed by atoms with van der Waals surface area (Å²) >= 11 is 3.41. The summed E-state index contributed by atoms with van der Waals surface area (Å²) in [7, 11) is 0. The monoisotopic (exact) mass is 317 g/mol. The van der Waals surface area contributed by atoms with E-state index in [0.29, 0.717) is 12.8 Å². The number of hydrogen-bond donors (Lipinski definition) is 0. The third-order valence-corrected chi connectivity index (χ3v) is 3.46. The van der Waals surface area contributed by atoms with E-state index in [1.54, 1.807) is 0 Å². The largest absolute Gasteiger partial charge is 0.299 e. The van der Waals surface area contributed by atoms with E-state index in [4.69, 9.17) is 0 Å². The van der Waals surface area contributed by atoms with Crippen molar-refractivity contribution < 1.29 is 4.79 Å². The Kier molecular flexibility index (Phi) is 4.86. The van der Waals surface area contributed by atoms with Crippen LogP contribution in [0, 0.1) is 0 Å². The van der Waals surface area contributed by atoms with E-state index in [9.17, 15) is 4.79 Å². The van der Waals surface area contributed by atoms with E-state index in [-0.39, 0.29) is 5.78 Å². The molecule has 0 aliphatic rings. The number of aryl methyl sites for hydroxylation is 1. The van der Waals surface area contributed by atoms with Crippen molar-refractivity contribution in [3.8, 4) is 0 Å². The lowest BCUT2D eigenvalue weighted by atomic mass is 10.1. The Balaban J connectivity index is 1.97. The van der Waals surface area contributed by atoms with Crippen LogP contribution < -0.4 is 0 Å². The number of Topliss-reactive ketones (excluding diaryl/α,β-unsaturated/α-hetero) is 1. The minimum absolute atomic E-state index is 0.190. The molecule has 1 aromatic heterocycles. The maximum atomic E-state index is 12.0. The Morgan fingerprint density at radius 1 is 1.16 bits per heavy atom. The van der Waals surface area contributed by atoms with Crippen molar-refractivity contribution in [1.82, 2.24) is 4.98 Å². The molecule has 2 rings (SSSR count). The summed E-state index contributed by atoms with van der Waals surface area (Å²) in [5.41, 5.74) is 3.07. The second kappa shape index (κ2) is 6.62. The zero-order chi connectivity index (χ0) is 13.7. The quantitative estimate of drug-likeness (QED) is 0.840. The van der Waals surface area contributed by atoms with Crippen molar-refractivity contribution in [1.29, 1.82) is 0 Å². The molecule has 0 atom stereocenters. The Morgan fingerprint density at radius 3 is 2.63 bits per heavy atom. The van der Waals surface area contributed by atoms with E-state index >= 15 is 0 Å². The molecule has 0 aliphatic heterocycles. The van der Waals surface area contributed by atoms with Gasteiger partial charge in [-0.15, -0.1) is 0 Å². The van der Waals surface area contributed by atoms with Gasteiger partial charge in [0.05, 0.1) is 0 Å². The number of benzene rings is 1. The van der Waals surface area contributed by atoms with Crippen LogP contribution in [0.3, 0.4) is 0 Å². The summed E-state index contributed by atoms with van der Waals surface area (Å²) in [5.74, 6) is 0.190. The third kappa shape index (κ3) is 4.28. The van der Waals surface area contributed by atoms with Gasteiger partial charge in [0, 0.05) is 29.2 Å². The molecular weight excluding hydrogens is 302 g/mol. The van der Waals surface area contributed by atoms with Crippen LogP contribution in [0.1, 0.15) is 23.7 Å². The van der Waals surface area contributed by atoms with Crippen molar-refractivity contribution in [2.75, 3.05) is 0 Å². The van der Waals surface area contributed by atoms with E-state index in [0.717, 1.165) is 22.2 Å². The van der Waals surface area contributed by atoms with E-state index in [1.807, 2.05) is 42.6 Å². The summed E-state index contributed by atoms with van der Waals surface area (Å²) in [6.45, 7) is 2.09. The van der Waals surface area contributed by atoms with Gasteiger partial charge in [-0.2, -0.15) is 0 Å². The van der Waals surface area contributed by atoms with Crippen molar-refractivity contribution in [3.05, 3.63) is 63.9 Å². The fourth-order valence-electron chi connectivity index (χ4n) is 1.91. The van der Waals surface area contributed by atoms with Crippen LogP contribution in [0.5, 0.6) is 0 Å². The number of carbonyl (C=O) groups excluding carboxylic acids is 1. The molecular formula is C16H16BrNO. The fourth-order valence-corrected chi connectivity index (χ4v) is 2.35. The van der Waals surface area contributed by atoms with Crippen LogP contribution in [0.15, 0.2) is 47.1 Å². The highest BCUT2D eigenvalue weighted by molar-refractivity contribution is 9.10. The van der Waals surface area contributed by atoms with Gasteiger partial charge in [0.25, 0.3) is 0 Å². The average molecular weight is 318 g/mol. The molecule has 1 heterocycles. The lowest BCUT2D eigenvalue weighted by Crippen LogP contribution is -2.07. The van der Waals surface area contributed by atoms with Gasteiger partial charge >= 0.3 is 0 Å². The Bertz CT molecular complexity index is 563. The molecule has 0 fully saturated rings. The Morgan fingerprint density at radius 2 is 2.00 bits per heavy atom. The maximum absolute atomic E-state index is 12.0. The normalized spacial score (nSPS) is 10.4. The first-order chi connectivity index (χ1) is 9.17. The maximum Gasteiger partial charge on any atom is 0.143 e. The summed E-state index contributed by atoms with van der Waals surface area (Å²) in [6.07, 6.45) is 3.67. The molecule has 1 aromatic carbocycles. The molecule has 3 heteroatoms. The molecule has 0 aliphatic carbocycles. The minimum atomic E-state index is 0.190. The van der Waals surface area contributed by atoms with Crippen LogP contribution in [0.25, 0.3) is 0 Å².